The SMILES string of the molecule is COc1cc2c(Oc3cnc4[nH]c(C)cc4c3)ccnc2cc1OCCC(=O)N1CCC2(CC1)COC2. The molecule has 2 fully saturated rings. The topological polar surface area (TPSA) is 98.8 Å². The van der Waals surface area contributed by atoms with Crippen LogP contribution in [0.4, 0.5) is 0 Å². The number of methoxy groups -OCH3 is 1. The lowest BCUT2D eigenvalue weighted by Crippen LogP contribution is -2.52. The molecule has 3 aromatic heterocycles. The number of H-pyrrole nitrogens is 1. The molecular weight excluding hydrogens is 472 g/mol. The van der Waals surface area contributed by atoms with Crippen LogP contribution in [0.15, 0.2) is 42.7 Å². The molecule has 1 N–H and O–H groups in total. The van der Waals surface area contributed by atoms with Gasteiger partial charge in [-0.15, -0.1) is 0 Å². The van der Waals surface area contributed by atoms with E-state index < -0.39 is 0 Å². The molecule has 5 heterocycles. The molecule has 0 saturated carbocycles. The molecule has 37 heavy (non-hydrogen) atoms. The number of nitrogens with zero attached hydrogens (tertiary/aromatic N) is 3. The van der Waals surface area contributed by atoms with E-state index >= 15 is 0 Å². The first-order chi connectivity index (χ1) is 18.0. The second-order valence-corrected chi connectivity index (χ2v) is 9.96. The lowest BCUT2D eigenvalue weighted by Gasteiger charge is -2.47. The van der Waals surface area contributed by atoms with E-state index in [2.05, 4.69) is 15.0 Å². The van der Waals surface area contributed by atoms with Gasteiger partial charge in [-0.05, 0) is 44.0 Å². The van der Waals surface area contributed by atoms with Crippen LogP contribution >= 0.6 is 0 Å². The van der Waals surface area contributed by atoms with Crippen molar-refractivity contribution in [3.05, 3.63) is 48.4 Å². The largest absolute Gasteiger partial charge is 0.493 e. The third-order valence-electron chi connectivity index (χ3n) is 7.36. The van der Waals surface area contributed by atoms with Crippen molar-refractivity contribution in [1.29, 1.82) is 0 Å². The van der Waals surface area contributed by atoms with Crippen molar-refractivity contribution in [3.8, 4) is 23.0 Å². The first-order valence-corrected chi connectivity index (χ1v) is 12.6. The lowest BCUT2D eigenvalue weighted by atomic mass is 9.77. The molecule has 1 spiro atoms. The number of piperidine rings is 1. The Balaban J connectivity index is 1.14. The quantitative estimate of drug-likeness (QED) is 0.393. The van der Waals surface area contributed by atoms with Crippen LogP contribution in [-0.2, 0) is 9.53 Å². The number of pyridine rings is 2. The molecule has 2 aliphatic heterocycles. The van der Waals surface area contributed by atoms with Crippen LogP contribution in [0.1, 0.15) is 25.0 Å². The number of hydrogen-bond acceptors (Lipinski definition) is 7. The van der Waals surface area contributed by atoms with Gasteiger partial charge in [-0.2, -0.15) is 0 Å². The number of amides is 1. The van der Waals surface area contributed by atoms with Gasteiger partial charge in [0.15, 0.2) is 11.5 Å². The maximum atomic E-state index is 12.7. The summed E-state index contributed by atoms with van der Waals surface area (Å²) >= 11 is 0. The predicted molar refractivity (Wildman–Crippen MR) is 138 cm³/mol. The predicted octanol–water partition coefficient (Wildman–Crippen LogP) is 4.63. The number of rotatable bonds is 7. The van der Waals surface area contributed by atoms with Crippen molar-refractivity contribution < 1.29 is 23.7 Å². The second-order valence-electron chi connectivity index (χ2n) is 9.96. The van der Waals surface area contributed by atoms with E-state index in [0.717, 1.165) is 61.3 Å². The average Bonchev–Trinajstić information content (AvgIpc) is 3.27. The summed E-state index contributed by atoms with van der Waals surface area (Å²) in [5, 5.41) is 1.77. The van der Waals surface area contributed by atoms with E-state index in [1.165, 1.54) is 0 Å². The molecule has 192 valence electrons. The highest BCUT2D eigenvalue weighted by atomic mass is 16.5. The van der Waals surface area contributed by atoms with Gasteiger partial charge in [-0.1, -0.05) is 0 Å². The molecular formula is C28H30N4O5. The fourth-order valence-corrected chi connectivity index (χ4v) is 5.12. The van der Waals surface area contributed by atoms with Gasteiger partial charge in [-0.3, -0.25) is 9.78 Å². The Morgan fingerprint density at radius 3 is 2.70 bits per heavy atom. The molecule has 1 amide bonds. The van der Waals surface area contributed by atoms with E-state index in [1.807, 2.05) is 42.2 Å². The minimum absolute atomic E-state index is 0.117. The third kappa shape index (κ3) is 4.67. The molecule has 0 radical (unpaired) electrons. The molecule has 6 rings (SSSR count). The summed E-state index contributed by atoms with van der Waals surface area (Å²) < 4.78 is 23.2. The fourth-order valence-electron chi connectivity index (χ4n) is 5.12. The summed E-state index contributed by atoms with van der Waals surface area (Å²) in [7, 11) is 1.59. The van der Waals surface area contributed by atoms with Gasteiger partial charge >= 0.3 is 0 Å². The van der Waals surface area contributed by atoms with E-state index in [0.29, 0.717) is 40.4 Å². The van der Waals surface area contributed by atoms with Gasteiger partial charge in [0.05, 0.1) is 45.1 Å². The van der Waals surface area contributed by atoms with Gasteiger partial charge in [0.2, 0.25) is 5.91 Å². The number of hydrogen-bond donors (Lipinski definition) is 1. The van der Waals surface area contributed by atoms with E-state index in [9.17, 15) is 4.79 Å². The maximum Gasteiger partial charge on any atom is 0.225 e. The molecule has 0 bridgehead atoms. The zero-order valence-corrected chi connectivity index (χ0v) is 21.1. The molecule has 0 aliphatic carbocycles. The van der Waals surface area contributed by atoms with Crippen LogP contribution in [0.2, 0.25) is 0 Å². The monoisotopic (exact) mass is 502 g/mol. The van der Waals surface area contributed by atoms with E-state index in [-0.39, 0.29) is 12.5 Å². The average molecular weight is 503 g/mol. The van der Waals surface area contributed by atoms with Crippen LogP contribution in [0, 0.1) is 12.3 Å². The summed E-state index contributed by atoms with van der Waals surface area (Å²) in [5.41, 5.74) is 2.88. The number of aromatic nitrogens is 3. The number of likely N-dealkylation sites (tertiary alicyclic amines) is 1. The van der Waals surface area contributed by atoms with Crippen molar-refractivity contribution in [2.45, 2.75) is 26.2 Å². The molecule has 9 nitrogen and oxygen atoms in total. The van der Waals surface area contributed by atoms with E-state index in [4.69, 9.17) is 18.9 Å². The molecule has 4 aromatic rings. The Bertz CT molecular complexity index is 1450. The minimum Gasteiger partial charge on any atom is -0.493 e. The molecule has 1 aromatic carbocycles. The summed E-state index contributed by atoms with van der Waals surface area (Å²) in [5.74, 6) is 2.48. The molecule has 2 saturated heterocycles. The Labute approximate surface area is 214 Å². The van der Waals surface area contributed by atoms with Crippen molar-refractivity contribution >= 4 is 27.8 Å². The van der Waals surface area contributed by atoms with Crippen LogP contribution in [-0.4, -0.2) is 65.8 Å². The number of aromatic amines is 1. The molecule has 2 aliphatic rings. The van der Waals surface area contributed by atoms with Crippen molar-refractivity contribution in [1.82, 2.24) is 19.9 Å². The first kappa shape index (κ1) is 23.5. The summed E-state index contributed by atoms with van der Waals surface area (Å²) in [6.45, 7) is 5.51. The fraction of sp³-hybridized carbons (Fsp3) is 0.393. The van der Waals surface area contributed by atoms with Gasteiger partial charge in [0, 0.05) is 47.2 Å². The molecule has 9 heteroatoms. The molecule has 0 unspecified atom stereocenters. The number of benzene rings is 1. The smallest absolute Gasteiger partial charge is 0.225 e. The highest BCUT2D eigenvalue weighted by Crippen LogP contribution is 2.39. The second kappa shape index (κ2) is 9.55. The van der Waals surface area contributed by atoms with Crippen LogP contribution < -0.4 is 14.2 Å². The Kier molecular flexibility index (Phi) is 6.08. The van der Waals surface area contributed by atoms with Crippen LogP contribution in [0.5, 0.6) is 23.0 Å². The van der Waals surface area contributed by atoms with Crippen molar-refractivity contribution in [3.63, 3.8) is 0 Å². The standard InChI is InChI=1S/C28H30N4O5/c1-18-11-19-12-20(15-30-27(19)31-18)37-23-3-7-29-22-14-25(24(34-2)13-21(22)23)36-10-4-26(33)32-8-5-28(6-9-32)16-35-17-28/h3,7,11-15H,4-6,8-10,16-17H2,1-2H3,(H,30,31). The van der Waals surface area contributed by atoms with Gasteiger partial charge in [0.1, 0.15) is 17.1 Å². The normalized spacial score (nSPS) is 16.6. The van der Waals surface area contributed by atoms with Crippen LogP contribution in [0.3, 0.4) is 0 Å². The van der Waals surface area contributed by atoms with Crippen molar-refractivity contribution in [2.24, 2.45) is 5.41 Å². The van der Waals surface area contributed by atoms with Gasteiger partial charge < -0.3 is 28.8 Å². The van der Waals surface area contributed by atoms with Crippen LogP contribution in [0.25, 0.3) is 21.9 Å². The zero-order chi connectivity index (χ0) is 25.4. The number of aryl methyl sites for hydroxylation is 1. The Morgan fingerprint density at radius 1 is 1.11 bits per heavy atom. The maximum absolute atomic E-state index is 12.7. The number of ether oxygens (including phenoxy) is 4. The number of nitrogens with one attached hydrogen (secondary N) is 1. The van der Waals surface area contributed by atoms with E-state index in [1.54, 1.807) is 19.5 Å². The molecule has 0 atom stereocenters. The summed E-state index contributed by atoms with van der Waals surface area (Å²) in [6, 6.07) is 9.47. The highest BCUT2D eigenvalue weighted by molar-refractivity contribution is 5.88. The van der Waals surface area contributed by atoms with Gasteiger partial charge in [-0.25, -0.2) is 4.98 Å². The number of carbonyl (C=O) groups excluding carboxylic acids is 1. The highest BCUT2D eigenvalue weighted by Gasteiger charge is 2.41. The Hall–Kier alpha value is -3.85. The first-order valence-electron chi connectivity index (χ1n) is 12.6. The third-order valence-corrected chi connectivity index (χ3v) is 7.36. The zero-order valence-electron chi connectivity index (χ0n) is 21.1. The lowest BCUT2D eigenvalue weighted by molar-refractivity contribution is -0.153. The van der Waals surface area contributed by atoms with Gasteiger partial charge in [0.25, 0.3) is 0 Å². The number of carbonyl (C=O) groups is 1. The number of fused-ring (bicyclic) bond motifs is 2. The Morgan fingerprint density at radius 2 is 1.95 bits per heavy atom. The summed E-state index contributed by atoms with van der Waals surface area (Å²) in [4.78, 5) is 26.8. The minimum atomic E-state index is 0.117. The summed E-state index contributed by atoms with van der Waals surface area (Å²) in [6.07, 6.45) is 5.74. The van der Waals surface area contributed by atoms with Crippen molar-refractivity contribution in [2.75, 3.05) is 40.0 Å².